The first kappa shape index (κ1) is 15.6. The topological polar surface area (TPSA) is 87.7 Å². The summed E-state index contributed by atoms with van der Waals surface area (Å²) in [6, 6.07) is 2.87. The molecule has 0 unspecified atom stereocenters. The summed E-state index contributed by atoms with van der Waals surface area (Å²) in [5, 5.41) is -0.0851. The zero-order valence-electron chi connectivity index (χ0n) is 10.7. The van der Waals surface area contributed by atoms with Crippen LogP contribution in [0.4, 0.5) is 0 Å². The monoisotopic (exact) mass is 339 g/mol. The van der Waals surface area contributed by atoms with Crippen LogP contribution in [0.3, 0.4) is 0 Å². The van der Waals surface area contributed by atoms with E-state index < -0.39 is 20.0 Å². The number of hydrogen-bond donors (Lipinski definition) is 0. The van der Waals surface area contributed by atoms with Crippen LogP contribution in [0.15, 0.2) is 23.2 Å². The molecule has 2 heterocycles. The highest BCUT2D eigenvalue weighted by Crippen LogP contribution is 2.23. The maximum absolute atomic E-state index is 12.4. The highest BCUT2D eigenvalue weighted by Gasteiger charge is 2.32. The number of rotatable bonds is 3. The molecular weight excluding hydrogens is 326 g/mol. The quantitative estimate of drug-likeness (QED) is 0.723. The Kier molecular flexibility index (Phi) is 4.35. The summed E-state index contributed by atoms with van der Waals surface area (Å²) in [6.07, 6.45) is 2.51. The van der Waals surface area contributed by atoms with Gasteiger partial charge < -0.3 is 0 Å². The number of piperazine rings is 1. The molecule has 0 saturated carbocycles. The zero-order valence-corrected chi connectivity index (χ0v) is 13.1. The highest BCUT2D eigenvalue weighted by atomic mass is 35.5. The summed E-state index contributed by atoms with van der Waals surface area (Å²) < 4.78 is 50.1. The third-order valence-electron chi connectivity index (χ3n) is 3.01. The summed E-state index contributed by atoms with van der Waals surface area (Å²) in [4.78, 5) is 3.69. The molecule has 1 aromatic heterocycles. The molecule has 7 nitrogen and oxygen atoms in total. The third-order valence-corrected chi connectivity index (χ3v) is 6.66. The van der Waals surface area contributed by atoms with Crippen molar-refractivity contribution in [1.82, 2.24) is 13.6 Å². The van der Waals surface area contributed by atoms with Gasteiger partial charge >= 0.3 is 0 Å². The van der Waals surface area contributed by atoms with E-state index in [1.165, 1.54) is 26.9 Å². The average Bonchev–Trinajstić information content (AvgIpc) is 2.38. The van der Waals surface area contributed by atoms with Crippen molar-refractivity contribution in [2.24, 2.45) is 0 Å². The fourth-order valence-electron chi connectivity index (χ4n) is 1.94. The zero-order chi connectivity index (χ0) is 15.0. The number of nitrogens with zero attached hydrogens (tertiary/aromatic N) is 3. The Labute approximate surface area is 123 Å². The van der Waals surface area contributed by atoms with Gasteiger partial charge in [-0.25, -0.2) is 21.8 Å². The highest BCUT2D eigenvalue weighted by molar-refractivity contribution is 7.89. The first-order valence-electron chi connectivity index (χ1n) is 5.79. The van der Waals surface area contributed by atoms with E-state index in [1.807, 2.05) is 0 Å². The van der Waals surface area contributed by atoms with Crippen LogP contribution in [0.1, 0.15) is 0 Å². The minimum Gasteiger partial charge on any atom is -0.243 e. The molecule has 0 amide bonds. The molecule has 1 aliphatic rings. The van der Waals surface area contributed by atoms with Crippen molar-refractivity contribution in [2.45, 2.75) is 4.90 Å². The van der Waals surface area contributed by atoms with Crippen molar-refractivity contribution in [3.05, 3.63) is 23.5 Å². The Bertz CT molecular complexity index is 697. The average molecular weight is 340 g/mol. The van der Waals surface area contributed by atoms with Crippen LogP contribution in [0.25, 0.3) is 0 Å². The van der Waals surface area contributed by atoms with Crippen LogP contribution in [-0.4, -0.2) is 62.9 Å². The van der Waals surface area contributed by atoms with Gasteiger partial charge in [0.05, 0.1) is 6.26 Å². The molecule has 0 aliphatic carbocycles. The fraction of sp³-hybridized carbons (Fsp3) is 0.500. The predicted octanol–water partition coefficient (Wildman–Crippen LogP) is 0.000900. The van der Waals surface area contributed by atoms with Crippen LogP contribution >= 0.6 is 11.6 Å². The van der Waals surface area contributed by atoms with Crippen LogP contribution in [-0.2, 0) is 20.0 Å². The molecule has 1 aromatic rings. The Morgan fingerprint density at radius 1 is 1.10 bits per heavy atom. The largest absolute Gasteiger partial charge is 0.246 e. The molecule has 0 bridgehead atoms. The molecule has 0 radical (unpaired) electrons. The van der Waals surface area contributed by atoms with Crippen molar-refractivity contribution in [3.8, 4) is 0 Å². The molecule has 0 N–H and O–H groups in total. The number of pyridine rings is 1. The second-order valence-corrected chi connectivity index (χ2v) is 8.61. The van der Waals surface area contributed by atoms with Crippen molar-refractivity contribution in [3.63, 3.8) is 0 Å². The summed E-state index contributed by atoms with van der Waals surface area (Å²) in [7, 11) is -7.04. The van der Waals surface area contributed by atoms with E-state index in [9.17, 15) is 16.8 Å². The minimum absolute atomic E-state index is 0.0607. The predicted molar refractivity (Wildman–Crippen MR) is 74.4 cm³/mol. The van der Waals surface area contributed by atoms with Crippen molar-refractivity contribution in [1.29, 1.82) is 0 Å². The summed E-state index contributed by atoms with van der Waals surface area (Å²) in [6.45, 7) is 0.465. The van der Waals surface area contributed by atoms with E-state index in [0.717, 1.165) is 6.26 Å². The number of halogens is 1. The van der Waals surface area contributed by atoms with Crippen LogP contribution < -0.4 is 0 Å². The first-order valence-corrected chi connectivity index (χ1v) is 9.45. The molecule has 1 saturated heterocycles. The second kappa shape index (κ2) is 5.57. The molecule has 0 spiro atoms. The van der Waals surface area contributed by atoms with E-state index >= 15 is 0 Å². The lowest BCUT2D eigenvalue weighted by atomic mass is 10.4. The van der Waals surface area contributed by atoms with Crippen molar-refractivity contribution >= 4 is 31.6 Å². The van der Waals surface area contributed by atoms with E-state index in [-0.39, 0.29) is 36.2 Å². The van der Waals surface area contributed by atoms with Gasteiger partial charge in [0.2, 0.25) is 20.0 Å². The Hall–Kier alpha value is -0.740. The number of hydrogen-bond acceptors (Lipinski definition) is 5. The lowest BCUT2D eigenvalue weighted by molar-refractivity contribution is 0.274. The maximum atomic E-state index is 12.4. The van der Waals surface area contributed by atoms with Gasteiger partial charge in [-0.2, -0.15) is 8.61 Å². The normalized spacial score (nSPS) is 19.1. The molecule has 2 rings (SSSR count). The van der Waals surface area contributed by atoms with Gasteiger partial charge in [0.25, 0.3) is 0 Å². The molecule has 20 heavy (non-hydrogen) atoms. The maximum Gasteiger partial charge on any atom is 0.246 e. The Balaban J connectivity index is 2.20. The van der Waals surface area contributed by atoms with Gasteiger partial charge in [-0.05, 0) is 12.1 Å². The van der Waals surface area contributed by atoms with E-state index in [1.54, 1.807) is 0 Å². The number of sulfonamides is 2. The standard InChI is InChI=1S/C10H14ClN3O4S2/c1-19(15,16)13-5-7-14(8-6-13)20(17,18)9-3-2-4-12-10(9)11/h2-4H,5-8H2,1H3. The first-order chi connectivity index (χ1) is 9.23. The van der Waals surface area contributed by atoms with Crippen LogP contribution in [0.2, 0.25) is 5.15 Å². The third kappa shape index (κ3) is 3.12. The second-order valence-electron chi connectivity index (χ2n) is 4.36. The molecular formula is C10H14ClN3O4S2. The summed E-state index contributed by atoms with van der Waals surface area (Å²) in [5.74, 6) is 0. The van der Waals surface area contributed by atoms with Gasteiger partial charge in [0, 0.05) is 32.4 Å². The van der Waals surface area contributed by atoms with Gasteiger partial charge in [-0.1, -0.05) is 11.6 Å². The van der Waals surface area contributed by atoms with Crippen LogP contribution in [0, 0.1) is 0 Å². The van der Waals surface area contributed by atoms with E-state index in [2.05, 4.69) is 4.98 Å². The fourth-order valence-corrected chi connectivity index (χ4v) is 4.62. The lowest BCUT2D eigenvalue weighted by Gasteiger charge is -2.32. The van der Waals surface area contributed by atoms with Gasteiger partial charge in [0.15, 0.2) is 0 Å². The Morgan fingerprint density at radius 2 is 1.65 bits per heavy atom. The van der Waals surface area contributed by atoms with Gasteiger partial charge in [-0.3, -0.25) is 0 Å². The molecule has 1 aliphatic heterocycles. The lowest BCUT2D eigenvalue weighted by Crippen LogP contribution is -2.50. The number of aromatic nitrogens is 1. The van der Waals surface area contributed by atoms with Crippen molar-refractivity contribution in [2.75, 3.05) is 32.4 Å². The smallest absolute Gasteiger partial charge is 0.243 e. The van der Waals surface area contributed by atoms with Gasteiger partial charge in [-0.15, -0.1) is 0 Å². The minimum atomic E-state index is -3.74. The summed E-state index contributed by atoms with van der Waals surface area (Å²) >= 11 is 5.81. The molecule has 0 aromatic carbocycles. The molecule has 10 heteroatoms. The summed E-state index contributed by atoms with van der Waals surface area (Å²) in [5.41, 5.74) is 0. The van der Waals surface area contributed by atoms with E-state index in [4.69, 9.17) is 11.6 Å². The molecule has 0 atom stereocenters. The van der Waals surface area contributed by atoms with Gasteiger partial charge in [0.1, 0.15) is 10.0 Å². The van der Waals surface area contributed by atoms with E-state index in [0.29, 0.717) is 0 Å². The van der Waals surface area contributed by atoms with Crippen molar-refractivity contribution < 1.29 is 16.8 Å². The Morgan fingerprint density at radius 3 is 2.15 bits per heavy atom. The molecule has 1 fully saturated rings. The SMILES string of the molecule is CS(=O)(=O)N1CCN(S(=O)(=O)c2cccnc2Cl)CC1. The van der Waals surface area contributed by atoms with Crippen LogP contribution in [0.5, 0.6) is 0 Å². The molecule has 112 valence electrons.